The summed E-state index contributed by atoms with van der Waals surface area (Å²) in [6, 6.07) is 0. The first-order valence-corrected chi connectivity index (χ1v) is 9.20. The second-order valence-electron chi connectivity index (χ2n) is 6.24. The Morgan fingerprint density at radius 3 is 1.70 bits per heavy atom. The van der Waals surface area contributed by atoms with Gasteiger partial charge in [0.25, 0.3) is 0 Å². The molecule has 2 heteroatoms. The van der Waals surface area contributed by atoms with Crippen LogP contribution in [-0.4, -0.2) is 38.1 Å². The normalized spacial score (nSPS) is 11.4. The van der Waals surface area contributed by atoms with Crippen LogP contribution in [0.4, 0.5) is 0 Å². The van der Waals surface area contributed by atoms with Crippen LogP contribution >= 0.6 is 0 Å². The predicted molar refractivity (Wildman–Crippen MR) is 92.5 cm³/mol. The molecule has 0 heterocycles. The van der Waals surface area contributed by atoms with Crippen molar-refractivity contribution in [3.05, 3.63) is 0 Å². The zero-order chi connectivity index (χ0) is 14.9. The molecule has 0 saturated carbocycles. The van der Waals surface area contributed by atoms with Crippen molar-refractivity contribution in [2.45, 2.75) is 84.5 Å². The van der Waals surface area contributed by atoms with Crippen LogP contribution in [-0.2, 0) is 0 Å². The molecule has 0 bridgehead atoms. The molecule has 0 rings (SSSR count). The van der Waals surface area contributed by atoms with Crippen molar-refractivity contribution in [3.63, 3.8) is 0 Å². The van der Waals surface area contributed by atoms with E-state index in [0.29, 0.717) is 0 Å². The average molecular weight is 285 g/mol. The second kappa shape index (κ2) is 17.0. The van der Waals surface area contributed by atoms with Gasteiger partial charge in [-0.3, -0.25) is 0 Å². The maximum Gasteiger partial charge on any atom is 0.0104 e. The van der Waals surface area contributed by atoms with Crippen molar-refractivity contribution in [2.24, 2.45) is 0 Å². The van der Waals surface area contributed by atoms with E-state index in [2.05, 4.69) is 31.1 Å². The number of nitrogens with zero attached hydrogens (tertiary/aromatic N) is 1. The van der Waals surface area contributed by atoms with Crippen molar-refractivity contribution in [1.82, 2.24) is 10.2 Å². The first kappa shape index (κ1) is 19.9. The third-order valence-corrected chi connectivity index (χ3v) is 3.99. The Labute approximate surface area is 128 Å². The maximum atomic E-state index is 3.46. The molecule has 0 aromatic heterocycles. The molecule has 0 aromatic carbocycles. The van der Waals surface area contributed by atoms with Gasteiger partial charge < -0.3 is 10.2 Å². The minimum Gasteiger partial charge on any atom is -0.315 e. The monoisotopic (exact) mass is 284 g/mol. The molecule has 0 unspecified atom stereocenters. The SMILES string of the molecule is CCCCCCCCCCCCN(C)CCNCCC. The Bertz CT molecular complexity index is 171. The Kier molecular flexibility index (Phi) is 16.9. The van der Waals surface area contributed by atoms with Gasteiger partial charge in [-0.05, 0) is 33.0 Å². The molecular weight excluding hydrogens is 244 g/mol. The second-order valence-corrected chi connectivity index (χ2v) is 6.24. The molecule has 122 valence electrons. The van der Waals surface area contributed by atoms with E-state index in [0.717, 1.165) is 13.1 Å². The van der Waals surface area contributed by atoms with E-state index >= 15 is 0 Å². The van der Waals surface area contributed by atoms with Crippen LogP contribution in [0.25, 0.3) is 0 Å². The van der Waals surface area contributed by atoms with E-state index in [4.69, 9.17) is 0 Å². The highest BCUT2D eigenvalue weighted by atomic mass is 15.1. The molecule has 0 radical (unpaired) electrons. The lowest BCUT2D eigenvalue weighted by atomic mass is 10.1. The molecule has 0 spiro atoms. The van der Waals surface area contributed by atoms with Gasteiger partial charge in [-0.25, -0.2) is 0 Å². The number of hydrogen-bond donors (Lipinski definition) is 1. The summed E-state index contributed by atoms with van der Waals surface area (Å²) < 4.78 is 0. The van der Waals surface area contributed by atoms with Gasteiger partial charge in [-0.15, -0.1) is 0 Å². The average Bonchev–Trinajstić information content (AvgIpc) is 2.45. The summed E-state index contributed by atoms with van der Waals surface area (Å²) in [5, 5.41) is 3.46. The van der Waals surface area contributed by atoms with Gasteiger partial charge in [-0.2, -0.15) is 0 Å². The van der Waals surface area contributed by atoms with Crippen LogP contribution in [0, 0.1) is 0 Å². The van der Waals surface area contributed by atoms with Gasteiger partial charge >= 0.3 is 0 Å². The van der Waals surface area contributed by atoms with Gasteiger partial charge in [0.15, 0.2) is 0 Å². The Balaban J connectivity index is 3.07. The van der Waals surface area contributed by atoms with Crippen LogP contribution in [0.2, 0.25) is 0 Å². The maximum absolute atomic E-state index is 3.46. The lowest BCUT2D eigenvalue weighted by molar-refractivity contribution is 0.321. The van der Waals surface area contributed by atoms with Crippen molar-refractivity contribution in [1.29, 1.82) is 0 Å². The van der Waals surface area contributed by atoms with E-state index < -0.39 is 0 Å². The van der Waals surface area contributed by atoms with Gasteiger partial charge in [0.1, 0.15) is 0 Å². The number of likely N-dealkylation sites (N-methyl/N-ethyl adjacent to an activating group) is 1. The topological polar surface area (TPSA) is 15.3 Å². The van der Waals surface area contributed by atoms with Crippen molar-refractivity contribution >= 4 is 0 Å². The molecule has 0 saturated heterocycles. The van der Waals surface area contributed by atoms with Crippen LogP contribution < -0.4 is 5.32 Å². The molecule has 20 heavy (non-hydrogen) atoms. The smallest absolute Gasteiger partial charge is 0.0104 e. The number of unbranched alkanes of at least 4 members (excludes halogenated alkanes) is 9. The van der Waals surface area contributed by atoms with Crippen molar-refractivity contribution in [3.8, 4) is 0 Å². The Hall–Kier alpha value is -0.0800. The van der Waals surface area contributed by atoms with Gasteiger partial charge in [0.2, 0.25) is 0 Å². The van der Waals surface area contributed by atoms with E-state index in [9.17, 15) is 0 Å². The lowest BCUT2D eigenvalue weighted by Gasteiger charge is -2.16. The van der Waals surface area contributed by atoms with Gasteiger partial charge in [0.05, 0.1) is 0 Å². The number of rotatable bonds is 16. The summed E-state index contributed by atoms with van der Waals surface area (Å²) in [5.74, 6) is 0. The van der Waals surface area contributed by atoms with E-state index in [1.807, 2.05) is 0 Å². The molecule has 1 N–H and O–H groups in total. The Morgan fingerprint density at radius 2 is 1.15 bits per heavy atom. The Morgan fingerprint density at radius 1 is 0.600 bits per heavy atom. The third-order valence-electron chi connectivity index (χ3n) is 3.99. The van der Waals surface area contributed by atoms with Crippen LogP contribution in [0.15, 0.2) is 0 Å². The zero-order valence-corrected chi connectivity index (χ0v) is 14.6. The summed E-state index contributed by atoms with van der Waals surface area (Å²) >= 11 is 0. The molecule has 2 nitrogen and oxygen atoms in total. The molecular formula is C18H40N2. The summed E-state index contributed by atoms with van der Waals surface area (Å²) in [4.78, 5) is 2.47. The quantitative estimate of drug-likeness (QED) is 0.408. The molecule has 0 fully saturated rings. The van der Waals surface area contributed by atoms with Crippen LogP contribution in [0.1, 0.15) is 84.5 Å². The van der Waals surface area contributed by atoms with Crippen LogP contribution in [0.3, 0.4) is 0 Å². The largest absolute Gasteiger partial charge is 0.315 e. The summed E-state index contributed by atoms with van der Waals surface area (Å²) in [6.45, 7) is 9.27. The van der Waals surface area contributed by atoms with Crippen LogP contribution in [0.5, 0.6) is 0 Å². The first-order valence-electron chi connectivity index (χ1n) is 9.20. The number of nitrogens with one attached hydrogen (secondary N) is 1. The van der Waals surface area contributed by atoms with Crippen molar-refractivity contribution in [2.75, 3.05) is 33.2 Å². The number of hydrogen-bond acceptors (Lipinski definition) is 2. The molecule has 0 aliphatic heterocycles. The van der Waals surface area contributed by atoms with Crippen molar-refractivity contribution < 1.29 is 0 Å². The van der Waals surface area contributed by atoms with Gasteiger partial charge in [0, 0.05) is 13.1 Å². The van der Waals surface area contributed by atoms with Gasteiger partial charge in [-0.1, -0.05) is 71.6 Å². The molecule has 0 aliphatic rings. The zero-order valence-electron chi connectivity index (χ0n) is 14.6. The fourth-order valence-corrected chi connectivity index (χ4v) is 2.55. The molecule has 0 aromatic rings. The highest BCUT2D eigenvalue weighted by molar-refractivity contribution is 4.55. The van der Waals surface area contributed by atoms with E-state index in [-0.39, 0.29) is 0 Å². The standard InChI is InChI=1S/C18H40N2/c1-4-6-7-8-9-10-11-12-13-14-17-20(3)18-16-19-15-5-2/h19H,4-18H2,1-3H3. The highest BCUT2D eigenvalue weighted by Crippen LogP contribution is 2.10. The molecule has 0 aliphatic carbocycles. The summed E-state index contributed by atoms with van der Waals surface area (Å²) in [6.07, 6.45) is 15.5. The third kappa shape index (κ3) is 16.0. The minimum atomic E-state index is 1.14. The fourth-order valence-electron chi connectivity index (χ4n) is 2.55. The first-order chi connectivity index (χ1) is 9.81. The minimum absolute atomic E-state index is 1.14. The molecule has 0 amide bonds. The predicted octanol–water partition coefficient (Wildman–Crippen LogP) is 4.84. The fraction of sp³-hybridized carbons (Fsp3) is 1.00. The highest BCUT2D eigenvalue weighted by Gasteiger charge is 1.98. The summed E-state index contributed by atoms with van der Waals surface area (Å²) in [7, 11) is 2.25. The summed E-state index contributed by atoms with van der Waals surface area (Å²) in [5.41, 5.74) is 0. The molecule has 0 atom stereocenters. The van der Waals surface area contributed by atoms with E-state index in [1.54, 1.807) is 0 Å². The lowest BCUT2D eigenvalue weighted by Crippen LogP contribution is -2.30. The van der Waals surface area contributed by atoms with E-state index in [1.165, 1.54) is 83.7 Å².